The second-order valence-corrected chi connectivity index (χ2v) is 5.51. The Morgan fingerprint density at radius 2 is 1.52 bits per heavy atom. The van der Waals surface area contributed by atoms with Crippen molar-refractivity contribution < 1.29 is 4.74 Å². The number of hydrogen-bond acceptors (Lipinski definition) is 1. The summed E-state index contributed by atoms with van der Waals surface area (Å²) in [5.74, 6) is 0.679. The van der Waals surface area contributed by atoms with Gasteiger partial charge in [-0.1, -0.05) is 23.2 Å². The van der Waals surface area contributed by atoms with E-state index in [-0.39, 0.29) is 5.92 Å². The second-order valence-electron chi connectivity index (χ2n) is 4.69. The third kappa shape index (κ3) is 2.67. The van der Waals surface area contributed by atoms with Crippen molar-refractivity contribution in [2.45, 2.75) is 5.92 Å². The lowest BCUT2D eigenvalue weighted by molar-refractivity contribution is 0.408. The number of benzene rings is 1. The van der Waals surface area contributed by atoms with Crippen molar-refractivity contribution in [3.8, 4) is 5.75 Å². The van der Waals surface area contributed by atoms with Crippen LogP contribution in [0.5, 0.6) is 5.75 Å². The van der Waals surface area contributed by atoms with Crippen molar-refractivity contribution in [3.63, 3.8) is 0 Å². The van der Waals surface area contributed by atoms with E-state index >= 15 is 0 Å². The lowest BCUT2D eigenvalue weighted by Gasteiger charge is -2.19. The summed E-state index contributed by atoms with van der Waals surface area (Å²) >= 11 is 12.3. The largest absolute Gasteiger partial charge is 0.496 e. The zero-order chi connectivity index (χ0) is 14.8. The summed E-state index contributed by atoms with van der Waals surface area (Å²) in [4.78, 5) is 6.52. The molecule has 0 aliphatic carbocycles. The van der Waals surface area contributed by atoms with Gasteiger partial charge in [-0.15, -0.1) is 0 Å². The highest BCUT2D eigenvalue weighted by molar-refractivity contribution is 6.42. The second kappa shape index (κ2) is 5.88. The molecule has 0 aliphatic heterocycles. The minimum absolute atomic E-state index is 0.0280. The van der Waals surface area contributed by atoms with Crippen molar-refractivity contribution in [1.82, 2.24) is 9.97 Å². The predicted octanol–water partition coefficient (Wildman–Crippen LogP) is 4.84. The molecular formula is C16H14Cl2N2O. The molecule has 3 rings (SSSR count). The molecule has 0 atom stereocenters. The van der Waals surface area contributed by atoms with Crippen molar-refractivity contribution in [2.75, 3.05) is 7.11 Å². The maximum absolute atomic E-state index is 6.20. The van der Waals surface area contributed by atoms with Crippen molar-refractivity contribution >= 4 is 23.2 Å². The molecule has 0 saturated heterocycles. The molecule has 0 radical (unpaired) electrons. The van der Waals surface area contributed by atoms with Gasteiger partial charge in [-0.05, 0) is 30.3 Å². The van der Waals surface area contributed by atoms with Crippen LogP contribution in [0.3, 0.4) is 0 Å². The van der Waals surface area contributed by atoms with Crippen LogP contribution >= 0.6 is 23.2 Å². The van der Waals surface area contributed by atoms with Gasteiger partial charge in [0.05, 0.1) is 23.1 Å². The molecule has 2 aromatic heterocycles. The van der Waals surface area contributed by atoms with Gasteiger partial charge in [-0.2, -0.15) is 0 Å². The number of methoxy groups -OCH3 is 1. The minimum Gasteiger partial charge on any atom is -0.496 e. The molecule has 1 aromatic carbocycles. The molecule has 0 saturated carbocycles. The van der Waals surface area contributed by atoms with Crippen molar-refractivity contribution in [1.29, 1.82) is 0 Å². The lowest BCUT2D eigenvalue weighted by Crippen LogP contribution is -2.06. The summed E-state index contributed by atoms with van der Waals surface area (Å²) in [5.41, 5.74) is 3.06. The van der Waals surface area contributed by atoms with E-state index in [0.717, 1.165) is 17.0 Å². The van der Waals surface area contributed by atoms with Crippen LogP contribution in [0.2, 0.25) is 10.0 Å². The van der Waals surface area contributed by atoms with Gasteiger partial charge in [-0.25, -0.2) is 0 Å². The summed E-state index contributed by atoms with van der Waals surface area (Å²) in [7, 11) is 1.63. The Hall–Kier alpha value is -1.84. The van der Waals surface area contributed by atoms with E-state index in [1.165, 1.54) is 0 Å². The van der Waals surface area contributed by atoms with Gasteiger partial charge in [-0.3, -0.25) is 0 Å². The third-order valence-corrected chi connectivity index (χ3v) is 4.17. The smallest absolute Gasteiger partial charge is 0.124 e. The molecule has 2 heterocycles. The number of rotatable bonds is 4. The molecule has 0 spiro atoms. The molecule has 0 amide bonds. The van der Waals surface area contributed by atoms with E-state index < -0.39 is 0 Å². The topological polar surface area (TPSA) is 40.8 Å². The first-order valence-electron chi connectivity index (χ1n) is 6.50. The van der Waals surface area contributed by atoms with Crippen LogP contribution in [0, 0.1) is 0 Å². The van der Waals surface area contributed by atoms with E-state index in [1.807, 2.05) is 42.7 Å². The summed E-state index contributed by atoms with van der Waals surface area (Å²) in [6.45, 7) is 0. The van der Waals surface area contributed by atoms with E-state index in [9.17, 15) is 0 Å². The Morgan fingerprint density at radius 1 is 0.952 bits per heavy atom. The number of halogens is 2. The average Bonchev–Trinajstić information content (AvgIpc) is 3.16. The van der Waals surface area contributed by atoms with Crippen LogP contribution in [0.15, 0.2) is 48.8 Å². The molecule has 2 N–H and O–H groups in total. The van der Waals surface area contributed by atoms with Gasteiger partial charge >= 0.3 is 0 Å². The Kier molecular flexibility index (Phi) is 3.95. The van der Waals surface area contributed by atoms with Crippen molar-refractivity contribution in [2.24, 2.45) is 0 Å². The number of ether oxygens (including phenoxy) is 1. The Bertz CT molecular complexity index is 687. The van der Waals surface area contributed by atoms with E-state index in [2.05, 4.69) is 9.97 Å². The normalized spacial score (nSPS) is 11.0. The Morgan fingerprint density at radius 3 is 2.00 bits per heavy atom. The molecular weight excluding hydrogens is 307 g/mol. The third-order valence-electron chi connectivity index (χ3n) is 3.45. The van der Waals surface area contributed by atoms with Gasteiger partial charge in [0.25, 0.3) is 0 Å². The number of nitrogens with one attached hydrogen (secondary N) is 2. The first kappa shape index (κ1) is 14.1. The van der Waals surface area contributed by atoms with Crippen LogP contribution in [0.1, 0.15) is 22.9 Å². The zero-order valence-corrected chi connectivity index (χ0v) is 12.9. The number of hydrogen-bond donors (Lipinski definition) is 2. The molecule has 5 heteroatoms. The molecule has 0 fully saturated rings. The summed E-state index contributed by atoms with van der Waals surface area (Å²) in [5, 5.41) is 0.990. The van der Waals surface area contributed by atoms with Crippen LogP contribution in [0.4, 0.5) is 0 Å². The van der Waals surface area contributed by atoms with E-state index in [0.29, 0.717) is 15.8 Å². The van der Waals surface area contributed by atoms with E-state index in [4.69, 9.17) is 27.9 Å². The van der Waals surface area contributed by atoms with Gasteiger partial charge in [0, 0.05) is 35.4 Å². The van der Waals surface area contributed by atoms with Crippen LogP contribution in [-0.4, -0.2) is 17.1 Å². The predicted molar refractivity (Wildman–Crippen MR) is 85.5 cm³/mol. The van der Waals surface area contributed by atoms with Gasteiger partial charge in [0.1, 0.15) is 5.75 Å². The fraction of sp³-hybridized carbons (Fsp3) is 0.125. The standard InChI is InChI=1S/C16H14Cl2N2O/c1-21-15-9-12(18)11(17)8-10(15)16(13-4-2-6-19-13)14-5-3-7-20-14/h2-9,16,19-20H,1H3. The Balaban J connectivity index is 2.20. The van der Waals surface area contributed by atoms with Crippen LogP contribution in [-0.2, 0) is 0 Å². The van der Waals surface area contributed by atoms with Gasteiger partial charge in [0.2, 0.25) is 0 Å². The highest BCUT2D eigenvalue weighted by Crippen LogP contribution is 2.39. The maximum Gasteiger partial charge on any atom is 0.124 e. The average molecular weight is 321 g/mol. The molecule has 3 aromatic rings. The first-order chi connectivity index (χ1) is 10.2. The van der Waals surface area contributed by atoms with Gasteiger partial charge in [0.15, 0.2) is 0 Å². The fourth-order valence-electron chi connectivity index (χ4n) is 2.50. The van der Waals surface area contributed by atoms with Crippen LogP contribution < -0.4 is 4.74 Å². The van der Waals surface area contributed by atoms with Crippen LogP contribution in [0.25, 0.3) is 0 Å². The quantitative estimate of drug-likeness (QED) is 0.709. The highest BCUT2D eigenvalue weighted by atomic mass is 35.5. The Labute approximate surface area is 132 Å². The van der Waals surface area contributed by atoms with Gasteiger partial charge < -0.3 is 14.7 Å². The summed E-state index contributed by atoms with van der Waals surface area (Å²) < 4.78 is 5.49. The summed E-state index contributed by atoms with van der Waals surface area (Å²) in [6.07, 6.45) is 3.80. The molecule has 0 aliphatic rings. The SMILES string of the molecule is COc1cc(Cl)c(Cl)cc1C(c1ccc[nH]1)c1ccc[nH]1. The zero-order valence-electron chi connectivity index (χ0n) is 11.4. The first-order valence-corrected chi connectivity index (χ1v) is 7.26. The molecule has 0 bridgehead atoms. The molecule has 0 unspecified atom stereocenters. The number of aromatic amines is 2. The fourth-order valence-corrected chi connectivity index (χ4v) is 2.82. The number of H-pyrrole nitrogens is 2. The monoisotopic (exact) mass is 320 g/mol. The minimum atomic E-state index is -0.0280. The highest BCUT2D eigenvalue weighted by Gasteiger charge is 2.23. The molecule has 3 nitrogen and oxygen atoms in total. The molecule has 21 heavy (non-hydrogen) atoms. The maximum atomic E-state index is 6.20. The number of aromatic nitrogens is 2. The van der Waals surface area contributed by atoms with Crippen molar-refractivity contribution in [3.05, 3.63) is 75.8 Å². The van der Waals surface area contributed by atoms with E-state index in [1.54, 1.807) is 13.2 Å². The summed E-state index contributed by atoms with van der Waals surface area (Å²) in [6, 6.07) is 11.6. The lowest BCUT2D eigenvalue weighted by atomic mass is 9.92. The molecule has 108 valence electrons.